The molecule has 2 unspecified atom stereocenters. The average molecular weight is 320 g/mol. The van der Waals surface area contributed by atoms with Gasteiger partial charge in [-0.1, -0.05) is 13.3 Å². The first-order valence-electron chi connectivity index (χ1n) is 7.25. The van der Waals surface area contributed by atoms with Gasteiger partial charge in [-0.25, -0.2) is 13.2 Å². The Hall–Kier alpha value is -1.15. The van der Waals surface area contributed by atoms with Crippen molar-refractivity contribution in [2.24, 2.45) is 5.73 Å². The number of esters is 1. The number of sulfone groups is 1. The molecule has 0 saturated carbocycles. The summed E-state index contributed by atoms with van der Waals surface area (Å²) < 4.78 is 27.9. The molecule has 0 radical (unpaired) electrons. The zero-order valence-corrected chi connectivity index (χ0v) is 13.4. The molecular formula is C13H24N2O5S. The summed E-state index contributed by atoms with van der Waals surface area (Å²) in [6.07, 6.45) is 1.99. The fourth-order valence-electron chi connectivity index (χ4n) is 2.33. The first kappa shape index (κ1) is 17.9. The fourth-order valence-corrected chi connectivity index (χ4v) is 4.06. The number of amides is 1. The maximum absolute atomic E-state index is 12.4. The lowest BCUT2D eigenvalue weighted by Gasteiger charge is -2.30. The molecule has 8 heteroatoms. The predicted octanol–water partition coefficient (Wildman–Crippen LogP) is -0.307. The van der Waals surface area contributed by atoms with Gasteiger partial charge in [-0.2, -0.15) is 0 Å². The summed E-state index contributed by atoms with van der Waals surface area (Å²) in [6, 6.07) is -1.78. The van der Waals surface area contributed by atoms with Crippen LogP contribution >= 0.6 is 0 Å². The van der Waals surface area contributed by atoms with Crippen molar-refractivity contribution in [2.75, 3.05) is 24.7 Å². The number of hydrogen-bond donors (Lipinski definition) is 1. The summed E-state index contributed by atoms with van der Waals surface area (Å²) in [5.74, 6) is -1.31. The zero-order chi connectivity index (χ0) is 16.0. The molecule has 1 aliphatic heterocycles. The van der Waals surface area contributed by atoms with Gasteiger partial charge >= 0.3 is 5.97 Å². The van der Waals surface area contributed by atoms with Crippen LogP contribution in [0, 0.1) is 0 Å². The van der Waals surface area contributed by atoms with E-state index in [9.17, 15) is 18.0 Å². The molecule has 2 atom stereocenters. The van der Waals surface area contributed by atoms with Crippen LogP contribution in [-0.4, -0.2) is 61.9 Å². The molecule has 0 spiro atoms. The number of hydrogen-bond acceptors (Lipinski definition) is 6. The van der Waals surface area contributed by atoms with Crippen molar-refractivity contribution in [2.45, 2.75) is 45.2 Å². The van der Waals surface area contributed by atoms with Crippen molar-refractivity contribution < 1.29 is 22.7 Å². The molecule has 1 aliphatic rings. The summed E-state index contributed by atoms with van der Waals surface area (Å²) in [6.45, 7) is 4.15. The summed E-state index contributed by atoms with van der Waals surface area (Å²) in [4.78, 5) is 25.4. The second-order valence-electron chi connectivity index (χ2n) is 5.17. The third-order valence-corrected chi connectivity index (χ3v) is 5.24. The molecule has 1 amide bonds. The molecule has 0 aromatic rings. The van der Waals surface area contributed by atoms with Gasteiger partial charge in [0.25, 0.3) is 5.91 Å². The number of carbonyl (C=O) groups is 2. The summed E-state index contributed by atoms with van der Waals surface area (Å²) in [5.41, 5.74) is 5.64. The van der Waals surface area contributed by atoms with Gasteiger partial charge in [0.1, 0.15) is 0 Å². The summed E-state index contributed by atoms with van der Waals surface area (Å²) >= 11 is 0. The quantitative estimate of drug-likeness (QED) is 0.509. The maximum Gasteiger partial charge on any atom is 0.332 e. The molecule has 1 heterocycles. The number of rotatable bonds is 7. The van der Waals surface area contributed by atoms with Crippen LogP contribution in [0.1, 0.15) is 33.1 Å². The molecule has 122 valence electrons. The van der Waals surface area contributed by atoms with Gasteiger partial charge in [0.05, 0.1) is 18.1 Å². The molecule has 1 saturated heterocycles. The lowest BCUT2D eigenvalue weighted by molar-refractivity contribution is -0.151. The number of unbranched alkanes of at least 4 members (excludes halogenated alkanes) is 1. The molecule has 7 nitrogen and oxygen atoms in total. The van der Waals surface area contributed by atoms with Crippen LogP contribution in [0.15, 0.2) is 0 Å². The van der Waals surface area contributed by atoms with Crippen molar-refractivity contribution in [3.05, 3.63) is 0 Å². The van der Waals surface area contributed by atoms with E-state index in [4.69, 9.17) is 10.5 Å². The molecule has 1 fully saturated rings. The number of nitrogens with two attached hydrogens (primary N) is 1. The minimum absolute atomic E-state index is 0.0575. The Balaban J connectivity index is 2.81. The van der Waals surface area contributed by atoms with Gasteiger partial charge < -0.3 is 15.4 Å². The first-order valence-corrected chi connectivity index (χ1v) is 9.07. The topological polar surface area (TPSA) is 107 Å². The number of ether oxygens (including phenoxy) is 1. The normalized spacial score (nSPS) is 21.8. The average Bonchev–Trinajstić information content (AvgIpc) is 2.78. The molecule has 21 heavy (non-hydrogen) atoms. The van der Waals surface area contributed by atoms with Crippen LogP contribution in [0.3, 0.4) is 0 Å². The second kappa shape index (κ2) is 7.74. The third-order valence-electron chi connectivity index (χ3n) is 3.49. The van der Waals surface area contributed by atoms with Gasteiger partial charge in [-0.05, 0) is 19.8 Å². The Labute approximate surface area is 125 Å². The van der Waals surface area contributed by atoms with Crippen LogP contribution < -0.4 is 5.73 Å². The molecule has 0 aliphatic carbocycles. The zero-order valence-electron chi connectivity index (χ0n) is 12.6. The van der Waals surface area contributed by atoms with Gasteiger partial charge in [0.2, 0.25) is 0 Å². The highest BCUT2D eigenvalue weighted by Crippen LogP contribution is 2.19. The Bertz CT molecular complexity index is 477. The van der Waals surface area contributed by atoms with Crippen molar-refractivity contribution in [3.63, 3.8) is 0 Å². The predicted molar refractivity (Wildman–Crippen MR) is 78.3 cm³/mol. The minimum atomic E-state index is -3.11. The highest BCUT2D eigenvalue weighted by atomic mass is 32.2. The smallest absolute Gasteiger partial charge is 0.332 e. The van der Waals surface area contributed by atoms with Crippen LogP contribution in [0.5, 0.6) is 0 Å². The third kappa shape index (κ3) is 4.96. The largest absolute Gasteiger partial charge is 0.464 e. The van der Waals surface area contributed by atoms with Crippen LogP contribution in [0.2, 0.25) is 0 Å². The van der Waals surface area contributed by atoms with Crippen molar-refractivity contribution in [1.82, 2.24) is 4.90 Å². The lowest BCUT2D eigenvalue weighted by Crippen LogP contribution is -2.53. The standard InChI is InChI=1S/C13H24N2O5S/c1-3-5-7-15(10-6-8-21(18,19)9-10)12(16)11(14)13(17)20-4-2/h10-11H,3-9,14H2,1-2H3. The highest BCUT2D eigenvalue weighted by molar-refractivity contribution is 7.91. The lowest BCUT2D eigenvalue weighted by atomic mass is 10.1. The van der Waals surface area contributed by atoms with Gasteiger partial charge in [0.15, 0.2) is 15.9 Å². The maximum atomic E-state index is 12.4. The minimum Gasteiger partial charge on any atom is -0.464 e. The van der Waals surface area contributed by atoms with Crippen molar-refractivity contribution >= 4 is 21.7 Å². The number of carbonyl (C=O) groups excluding carboxylic acids is 2. The molecular weight excluding hydrogens is 296 g/mol. The van der Waals surface area contributed by atoms with Crippen LogP contribution in [0.4, 0.5) is 0 Å². The van der Waals surface area contributed by atoms with Crippen molar-refractivity contribution in [1.29, 1.82) is 0 Å². The first-order chi connectivity index (χ1) is 9.82. The number of nitrogens with zero attached hydrogens (tertiary/aromatic N) is 1. The van der Waals surface area contributed by atoms with E-state index in [0.29, 0.717) is 13.0 Å². The molecule has 2 N–H and O–H groups in total. The molecule has 0 bridgehead atoms. The Morgan fingerprint density at radius 1 is 1.38 bits per heavy atom. The van der Waals surface area contributed by atoms with Gasteiger partial charge in [-0.3, -0.25) is 4.79 Å². The van der Waals surface area contributed by atoms with Gasteiger partial charge in [-0.15, -0.1) is 0 Å². The Kier molecular flexibility index (Phi) is 6.60. The fraction of sp³-hybridized carbons (Fsp3) is 0.846. The Morgan fingerprint density at radius 2 is 2.05 bits per heavy atom. The molecule has 0 aromatic heterocycles. The van der Waals surface area contributed by atoms with E-state index in [1.54, 1.807) is 6.92 Å². The van der Waals surface area contributed by atoms with Crippen LogP contribution in [0.25, 0.3) is 0 Å². The van der Waals surface area contributed by atoms with Crippen molar-refractivity contribution in [3.8, 4) is 0 Å². The van der Waals surface area contributed by atoms with E-state index in [0.717, 1.165) is 12.8 Å². The monoisotopic (exact) mass is 320 g/mol. The molecule has 1 rings (SSSR count). The summed E-state index contributed by atoms with van der Waals surface area (Å²) in [7, 11) is -3.11. The highest BCUT2D eigenvalue weighted by Gasteiger charge is 2.37. The van der Waals surface area contributed by atoms with E-state index in [1.165, 1.54) is 4.90 Å². The Morgan fingerprint density at radius 3 is 2.52 bits per heavy atom. The summed E-state index contributed by atoms with van der Waals surface area (Å²) in [5, 5.41) is 0. The SMILES string of the molecule is CCCCN(C(=O)C(N)C(=O)OCC)C1CCS(=O)(=O)C1. The molecule has 0 aromatic carbocycles. The van der Waals surface area contributed by atoms with E-state index in [1.807, 2.05) is 6.92 Å². The van der Waals surface area contributed by atoms with Gasteiger partial charge in [0, 0.05) is 12.6 Å². The van der Waals surface area contributed by atoms with E-state index < -0.39 is 33.8 Å². The van der Waals surface area contributed by atoms with E-state index in [2.05, 4.69) is 0 Å². The van der Waals surface area contributed by atoms with E-state index in [-0.39, 0.29) is 18.1 Å². The second-order valence-corrected chi connectivity index (χ2v) is 7.40. The van der Waals surface area contributed by atoms with Crippen LogP contribution in [-0.2, 0) is 24.2 Å². The van der Waals surface area contributed by atoms with E-state index >= 15 is 0 Å².